The maximum atomic E-state index is 13.0. The molecular weight excluding hydrogens is 318 g/mol. The van der Waals surface area contributed by atoms with Crippen molar-refractivity contribution in [3.05, 3.63) is 41.1 Å². The molecule has 0 aliphatic heterocycles. The number of carbonyl (C=O) groups is 1. The van der Waals surface area contributed by atoms with Crippen LogP contribution >= 0.6 is 0 Å². The third-order valence-electron chi connectivity index (χ3n) is 3.99. The normalized spacial score (nSPS) is 14.6. The summed E-state index contributed by atoms with van der Waals surface area (Å²) in [6.45, 7) is 14.7. The summed E-state index contributed by atoms with van der Waals surface area (Å²) in [5.41, 5.74) is 0.762. The summed E-state index contributed by atoms with van der Waals surface area (Å²) in [6, 6.07) is 9.82. The Kier molecular flexibility index (Phi) is 6.34. The molecule has 1 amide bonds. The Hall–Kier alpha value is -1.43. The predicted molar refractivity (Wildman–Crippen MR) is 103 cm³/mol. The van der Waals surface area contributed by atoms with E-state index in [0.717, 1.165) is 10.8 Å². The van der Waals surface area contributed by atoms with Crippen LogP contribution in [0.5, 0.6) is 0 Å². The zero-order chi connectivity index (χ0) is 17.8. The lowest BCUT2D eigenvalue weighted by Gasteiger charge is -2.34. The summed E-state index contributed by atoms with van der Waals surface area (Å²) in [6.07, 6.45) is 0. The van der Waals surface area contributed by atoms with Crippen LogP contribution in [-0.2, 0) is 9.59 Å². The molecule has 1 aromatic carbocycles. The van der Waals surface area contributed by atoms with Gasteiger partial charge in [0.15, 0.2) is 0 Å². The third-order valence-corrected chi connectivity index (χ3v) is 8.57. The molecule has 3 nitrogen and oxygen atoms in total. The van der Waals surface area contributed by atoms with Crippen molar-refractivity contribution >= 4 is 28.0 Å². The molecule has 0 radical (unpaired) electrons. The Morgan fingerprint density at radius 1 is 1.04 bits per heavy atom. The first kappa shape index (κ1) is 19.6. The zero-order valence-corrected chi connectivity index (χ0v) is 17.4. The number of carbonyl (C=O) groups excluding carboxylic acids is 2. The zero-order valence-electron chi connectivity index (χ0n) is 15.4. The Balaban J connectivity index is 3.10. The van der Waals surface area contributed by atoms with Gasteiger partial charge in [-0.15, -0.1) is 0 Å². The molecule has 23 heavy (non-hydrogen) atoms. The van der Waals surface area contributed by atoms with Gasteiger partial charge in [-0.25, -0.2) is 4.79 Å². The van der Waals surface area contributed by atoms with Crippen LogP contribution < -0.4 is 5.32 Å². The SMILES string of the molecule is C[C@@H](NC(=O)[C@@H](C(=C=O)[Si](C)(C)C)[Si](C)(C)C)c1ccccc1. The van der Waals surface area contributed by atoms with Crippen LogP contribution in [0.15, 0.2) is 35.5 Å². The van der Waals surface area contributed by atoms with Crippen molar-refractivity contribution in [2.24, 2.45) is 0 Å². The molecule has 2 atom stereocenters. The highest BCUT2D eigenvalue weighted by Gasteiger charge is 2.42. The van der Waals surface area contributed by atoms with E-state index < -0.39 is 16.1 Å². The second-order valence-corrected chi connectivity index (χ2v) is 18.6. The topological polar surface area (TPSA) is 46.2 Å². The molecule has 1 aromatic rings. The van der Waals surface area contributed by atoms with Gasteiger partial charge in [0.05, 0.1) is 27.7 Å². The van der Waals surface area contributed by atoms with Gasteiger partial charge in [-0.05, 0) is 12.5 Å². The quantitative estimate of drug-likeness (QED) is 0.619. The van der Waals surface area contributed by atoms with Crippen LogP contribution in [-0.4, -0.2) is 28.0 Å². The molecule has 0 saturated heterocycles. The van der Waals surface area contributed by atoms with Gasteiger partial charge in [-0.2, -0.15) is 0 Å². The smallest absolute Gasteiger partial charge is 0.225 e. The maximum Gasteiger partial charge on any atom is 0.225 e. The standard InChI is InChI=1S/C18H29NO2Si2/c1-14(15-11-9-8-10-12-15)19-18(21)17(23(5,6)7)16(13-20)22(2,3)4/h8-12,14,17H,1-7H3,(H,19,21)/t14-,17-/m1/s1. The average Bonchev–Trinajstić information content (AvgIpc) is 2.42. The van der Waals surface area contributed by atoms with Crippen molar-refractivity contribution in [1.82, 2.24) is 5.32 Å². The molecule has 0 heterocycles. The van der Waals surface area contributed by atoms with E-state index in [0.29, 0.717) is 0 Å². The number of rotatable bonds is 6. The minimum atomic E-state index is -1.89. The summed E-state index contributed by atoms with van der Waals surface area (Å²) >= 11 is 0. The summed E-state index contributed by atoms with van der Waals surface area (Å²) in [5.74, 6) is 2.12. The number of hydrogen-bond acceptors (Lipinski definition) is 2. The number of benzene rings is 1. The largest absolute Gasteiger partial charge is 0.349 e. The van der Waals surface area contributed by atoms with Crippen LogP contribution in [0.1, 0.15) is 18.5 Å². The van der Waals surface area contributed by atoms with Gasteiger partial charge < -0.3 is 5.32 Å². The van der Waals surface area contributed by atoms with Crippen molar-refractivity contribution < 1.29 is 9.59 Å². The molecule has 0 aliphatic rings. The molecule has 1 N–H and O–H groups in total. The number of nitrogens with one attached hydrogen (secondary N) is 1. The van der Waals surface area contributed by atoms with Gasteiger partial charge in [0.1, 0.15) is 5.94 Å². The van der Waals surface area contributed by atoms with Gasteiger partial charge in [0.25, 0.3) is 0 Å². The van der Waals surface area contributed by atoms with Crippen LogP contribution in [0.25, 0.3) is 0 Å². The van der Waals surface area contributed by atoms with E-state index in [1.165, 1.54) is 0 Å². The molecule has 0 aromatic heterocycles. The van der Waals surface area contributed by atoms with Crippen LogP contribution in [0.3, 0.4) is 0 Å². The van der Waals surface area contributed by atoms with Gasteiger partial charge in [-0.3, -0.25) is 4.79 Å². The van der Waals surface area contributed by atoms with E-state index in [2.05, 4.69) is 50.5 Å². The van der Waals surface area contributed by atoms with E-state index in [4.69, 9.17) is 0 Å². The Morgan fingerprint density at radius 3 is 1.96 bits per heavy atom. The highest BCUT2D eigenvalue weighted by molar-refractivity contribution is 6.90. The number of amides is 1. The van der Waals surface area contributed by atoms with E-state index in [-0.39, 0.29) is 17.5 Å². The summed E-state index contributed by atoms with van der Waals surface area (Å²) in [5, 5.41) is 3.83. The van der Waals surface area contributed by atoms with Gasteiger partial charge in [0, 0.05) is 5.20 Å². The molecular formula is C18H29NO2Si2. The fraction of sp³-hybridized carbons (Fsp3) is 0.500. The monoisotopic (exact) mass is 347 g/mol. The minimum Gasteiger partial charge on any atom is -0.349 e. The lowest BCUT2D eigenvalue weighted by molar-refractivity contribution is -0.121. The predicted octanol–water partition coefficient (Wildman–Crippen LogP) is 4.21. The van der Waals surface area contributed by atoms with E-state index in [9.17, 15) is 9.59 Å². The molecule has 0 fully saturated rings. The molecule has 0 spiro atoms. The fourth-order valence-corrected chi connectivity index (χ4v) is 8.42. The van der Waals surface area contributed by atoms with Crippen molar-refractivity contribution in [2.45, 2.75) is 57.8 Å². The molecule has 0 bridgehead atoms. The second-order valence-electron chi connectivity index (χ2n) is 8.21. The highest BCUT2D eigenvalue weighted by atomic mass is 28.3. The molecule has 0 unspecified atom stereocenters. The van der Waals surface area contributed by atoms with Crippen molar-refractivity contribution in [1.29, 1.82) is 0 Å². The van der Waals surface area contributed by atoms with Gasteiger partial charge in [0.2, 0.25) is 5.91 Å². The van der Waals surface area contributed by atoms with Gasteiger partial charge in [-0.1, -0.05) is 69.6 Å². The van der Waals surface area contributed by atoms with Crippen molar-refractivity contribution in [3.8, 4) is 0 Å². The summed E-state index contributed by atoms with van der Waals surface area (Å²) in [4.78, 5) is 24.6. The van der Waals surface area contributed by atoms with E-state index in [1.807, 2.05) is 37.3 Å². The van der Waals surface area contributed by atoms with Crippen LogP contribution in [0.2, 0.25) is 44.8 Å². The first-order valence-electron chi connectivity index (χ1n) is 8.09. The average molecular weight is 348 g/mol. The Bertz CT molecular complexity index is 594. The van der Waals surface area contributed by atoms with Crippen LogP contribution in [0.4, 0.5) is 0 Å². The fourth-order valence-electron chi connectivity index (χ4n) is 2.72. The van der Waals surface area contributed by atoms with Crippen molar-refractivity contribution in [3.63, 3.8) is 0 Å². The molecule has 0 saturated carbocycles. The van der Waals surface area contributed by atoms with Crippen molar-refractivity contribution in [2.75, 3.05) is 0 Å². The first-order valence-corrected chi connectivity index (χ1v) is 15.2. The van der Waals surface area contributed by atoms with E-state index >= 15 is 0 Å². The Labute approximate surface area is 142 Å². The molecule has 1 rings (SSSR count). The van der Waals surface area contributed by atoms with Gasteiger partial charge >= 0.3 is 0 Å². The highest BCUT2D eigenvalue weighted by Crippen LogP contribution is 2.34. The summed E-state index contributed by atoms with van der Waals surface area (Å²) in [7, 11) is -3.77. The lowest BCUT2D eigenvalue weighted by atomic mass is 10.1. The van der Waals surface area contributed by atoms with E-state index in [1.54, 1.807) is 0 Å². The van der Waals surface area contributed by atoms with Crippen LogP contribution in [0, 0.1) is 0 Å². The first-order chi connectivity index (χ1) is 10.5. The summed E-state index contributed by atoms with van der Waals surface area (Å²) < 4.78 is 0. The lowest BCUT2D eigenvalue weighted by Crippen LogP contribution is -2.46. The molecule has 5 heteroatoms. The number of hydrogen-bond donors (Lipinski definition) is 1. The molecule has 0 aliphatic carbocycles. The maximum absolute atomic E-state index is 13.0. The minimum absolute atomic E-state index is 0.0266. The second kappa shape index (κ2) is 7.43. The molecule has 126 valence electrons. The third kappa shape index (κ3) is 5.31. The Morgan fingerprint density at radius 2 is 1.57 bits per heavy atom.